The number of hydrogen-bond donors (Lipinski definition) is 2. The molecule has 4 heteroatoms. The number of nitrogens with one attached hydrogen (secondary N) is 1. The zero-order valence-electron chi connectivity index (χ0n) is 13.3. The van der Waals surface area contributed by atoms with Gasteiger partial charge in [0.05, 0.1) is 0 Å². The molecular weight excluding hydrogens is 240 g/mol. The van der Waals surface area contributed by atoms with Crippen LogP contribution in [0.2, 0.25) is 0 Å². The van der Waals surface area contributed by atoms with Crippen LogP contribution in [0.5, 0.6) is 0 Å². The molecule has 0 aliphatic heterocycles. The lowest BCUT2D eigenvalue weighted by atomic mass is 9.94. The highest BCUT2D eigenvalue weighted by atomic mass is 16.4. The second kappa shape index (κ2) is 9.32. The van der Waals surface area contributed by atoms with Crippen LogP contribution in [0.4, 0.5) is 0 Å². The van der Waals surface area contributed by atoms with Gasteiger partial charge in [-0.2, -0.15) is 0 Å². The molecule has 0 amide bonds. The molecule has 0 rings (SSSR count). The van der Waals surface area contributed by atoms with Gasteiger partial charge in [0.1, 0.15) is 5.54 Å². The molecule has 0 aromatic carbocycles. The van der Waals surface area contributed by atoms with Crippen LogP contribution in [0.25, 0.3) is 0 Å². The first-order valence-corrected chi connectivity index (χ1v) is 7.63. The first kappa shape index (κ1) is 18.4. The van der Waals surface area contributed by atoms with Gasteiger partial charge in [-0.15, -0.1) is 0 Å². The number of carbonyl (C=O) groups is 1. The maximum atomic E-state index is 11.3. The molecule has 2 N–H and O–H groups in total. The summed E-state index contributed by atoms with van der Waals surface area (Å²) in [5.74, 6) is -0.747. The van der Waals surface area contributed by atoms with E-state index < -0.39 is 11.5 Å². The number of aliphatic carboxylic acids is 1. The van der Waals surface area contributed by atoms with Gasteiger partial charge in [0.25, 0.3) is 0 Å². The smallest absolute Gasteiger partial charge is 0.323 e. The Balaban J connectivity index is 4.10. The van der Waals surface area contributed by atoms with Gasteiger partial charge < -0.3 is 15.3 Å². The van der Waals surface area contributed by atoms with Crippen molar-refractivity contribution in [1.29, 1.82) is 0 Å². The van der Waals surface area contributed by atoms with Gasteiger partial charge in [0.2, 0.25) is 0 Å². The summed E-state index contributed by atoms with van der Waals surface area (Å²) in [6.07, 6.45) is 3.86. The topological polar surface area (TPSA) is 52.6 Å². The molecule has 0 saturated heterocycles. The van der Waals surface area contributed by atoms with Crippen molar-refractivity contribution in [3.8, 4) is 0 Å². The normalized spacial score (nSPS) is 16.3. The molecule has 0 aliphatic carbocycles. The fraction of sp³-hybridized carbons (Fsp3) is 0.933. The van der Waals surface area contributed by atoms with Crippen molar-refractivity contribution in [1.82, 2.24) is 10.2 Å². The van der Waals surface area contributed by atoms with Crippen LogP contribution in [0.15, 0.2) is 0 Å². The van der Waals surface area contributed by atoms with Gasteiger partial charge in [0, 0.05) is 6.04 Å². The highest BCUT2D eigenvalue weighted by Gasteiger charge is 2.31. The number of carboxylic acids is 1. The van der Waals surface area contributed by atoms with E-state index in [1.165, 1.54) is 0 Å². The Bertz CT molecular complexity index is 259. The molecule has 0 saturated carbocycles. The van der Waals surface area contributed by atoms with Crippen molar-refractivity contribution in [2.45, 2.75) is 71.9 Å². The third-order valence-electron chi connectivity index (χ3n) is 4.03. The number of carboxylic acid groups (broad SMARTS) is 1. The standard InChI is InChI=1S/C15H32N2O2/c1-6-13(4)17(8-3)12-10-9-11-15(5,14(18)19)16-7-2/h13,16H,6-12H2,1-5H3,(H,18,19). The van der Waals surface area contributed by atoms with Crippen LogP contribution < -0.4 is 5.32 Å². The first-order chi connectivity index (χ1) is 8.91. The van der Waals surface area contributed by atoms with Gasteiger partial charge in [-0.1, -0.05) is 20.8 Å². The summed E-state index contributed by atoms with van der Waals surface area (Å²) in [5, 5.41) is 12.4. The Morgan fingerprint density at radius 1 is 1.32 bits per heavy atom. The molecule has 0 aliphatic rings. The van der Waals surface area contributed by atoms with E-state index in [0.29, 0.717) is 19.0 Å². The summed E-state index contributed by atoms with van der Waals surface area (Å²) in [4.78, 5) is 13.7. The molecule has 0 heterocycles. The Morgan fingerprint density at radius 2 is 1.95 bits per heavy atom. The minimum Gasteiger partial charge on any atom is -0.480 e. The quantitative estimate of drug-likeness (QED) is 0.568. The fourth-order valence-electron chi connectivity index (χ4n) is 2.40. The van der Waals surface area contributed by atoms with Crippen molar-refractivity contribution < 1.29 is 9.90 Å². The lowest BCUT2D eigenvalue weighted by molar-refractivity contribution is -0.144. The Kier molecular flexibility index (Phi) is 9.02. The zero-order valence-corrected chi connectivity index (χ0v) is 13.3. The maximum absolute atomic E-state index is 11.3. The minimum atomic E-state index is -0.776. The molecule has 2 unspecified atom stereocenters. The second-order valence-electron chi connectivity index (χ2n) is 5.51. The van der Waals surface area contributed by atoms with E-state index in [9.17, 15) is 9.90 Å². The number of hydrogen-bond acceptors (Lipinski definition) is 3. The molecule has 0 aromatic heterocycles. The van der Waals surface area contributed by atoms with E-state index in [-0.39, 0.29) is 0 Å². The first-order valence-electron chi connectivity index (χ1n) is 7.63. The number of likely N-dealkylation sites (N-methyl/N-ethyl adjacent to an activating group) is 1. The number of nitrogens with zero attached hydrogens (tertiary/aromatic N) is 1. The average Bonchev–Trinajstić information content (AvgIpc) is 2.38. The van der Waals surface area contributed by atoms with Crippen LogP contribution in [0.1, 0.15) is 60.3 Å². The Morgan fingerprint density at radius 3 is 2.37 bits per heavy atom. The second-order valence-corrected chi connectivity index (χ2v) is 5.51. The molecule has 0 fully saturated rings. The predicted molar refractivity (Wildman–Crippen MR) is 80.6 cm³/mol. The van der Waals surface area contributed by atoms with Crippen molar-refractivity contribution in [3.05, 3.63) is 0 Å². The highest BCUT2D eigenvalue weighted by molar-refractivity contribution is 5.78. The SMILES string of the molecule is CCNC(C)(CCCCN(CC)C(C)CC)C(=O)O. The summed E-state index contributed by atoms with van der Waals surface area (Å²) in [7, 11) is 0. The molecule has 19 heavy (non-hydrogen) atoms. The van der Waals surface area contributed by atoms with E-state index in [4.69, 9.17) is 0 Å². The van der Waals surface area contributed by atoms with E-state index >= 15 is 0 Å². The van der Waals surface area contributed by atoms with Crippen molar-refractivity contribution >= 4 is 5.97 Å². The lowest BCUT2D eigenvalue weighted by Crippen LogP contribution is -2.49. The molecule has 4 nitrogen and oxygen atoms in total. The molecule has 0 bridgehead atoms. The van der Waals surface area contributed by atoms with Crippen molar-refractivity contribution in [3.63, 3.8) is 0 Å². The molecule has 0 radical (unpaired) electrons. The van der Waals surface area contributed by atoms with E-state index in [1.54, 1.807) is 6.92 Å². The third-order valence-corrected chi connectivity index (χ3v) is 4.03. The Labute approximate surface area is 118 Å². The summed E-state index contributed by atoms with van der Waals surface area (Å²) in [5.41, 5.74) is -0.776. The van der Waals surface area contributed by atoms with Crippen LogP contribution in [-0.4, -0.2) is 47.2 Å². The van der Waals surface area contributed by atoms with Gasteiger partial charge >= 0.3 is 5.97 Å². The summed E-state index contributed by atoms with van der Waals surface area (Å²) in [6.45, 7) is 13.2. The summed E-state index contributed by atoms with van der Waals surface area (Å²) < 4.78 is 0. The summed E-state index contributed by atoms with van der Waals surface area (Å²) >= 11 is 0. The van der Waals surface area contributed by atoms with Gasteiger partial charge in [0.15, 0.2) is 0 Å². The largest absolute Gasteiger partial charge is 0.480 e. The zero-order chi connectivity index (χ0) is 14.9. The minimum absolute atomic E-state index is 0.615. The average molecular weight is 272 g/mol. The number of unbranched alkanes of at least 4 members (excludes halogenated alkanes) is 1. The molecule has 2 atom stereocenters. The van der Waals surface area contributed by atoms with Gasteiger partial charge in [-0.3, -0.25) is 4.79 Å². The van der Waals surface area contributed by atoms with Gasteiger partial charge in [-0.25, -0.2) is 0 Å². The lowest BCUT2D eigenvalue weighted by Gasteiger charge is -2.28. The number of rotatable bonds is 11. The third kappa shape index (κ3) is 6.39. The van der Waals surface area contributed by atoms with Gasteiger partial charge in [-0.05, 0) is 59.2 Å². The van der Waals surface area contributed by atoms with Crippen LogP contribution >= 0.6 is 0 Å². The highest BCUT2D eigenvalue weighted by Crippen LogP contribution is 2.15. The van der Waals surface area contributed by atoms with E-state index in [1.807, 2.05) is 6.92 Å². The van der Waals surface area contributed by atoms with Crippen molar-refractivity contribution in [2.75, 3.05) is 19.6 Å². The molecule has 0 aromatic rings. The summed E-state index contributed by atoms with van der Waals surface area (Å²) in [6, 6.07) is 0.615. The molecular formula is C15H32N2O2. The molecule has 114 valence electrons. The van der Waals surface area contributed by atoms with Crippen molar-refractivity contribution in [2.24, 2.45) is 0 Å². The van der Waals surface area contributed by atoms with Crippen LogP contribution in [0.3, 0.4) is 0 Å². The van der Waals surface area contributed by atoms with Crippen LogP contribution in [0, 0.1) is 0 Å². The predicted octanol–water partition coefficient (Wildman–Crippen LogP) is 2.73. The van der Waals surface area contributed by atoms with E-state index in [0.717, 1.165) is 32.4 Å². The monoisotopic (exact) mass is 272 g/mol. The maximum Gasteiger partial charge on any atom is 0.323 e. The van der Waals surface area contributed by atoms with E-state index in [2.05, 4.69) is 31.0 Å². The Hall–Kier alpha value is -0.610. The molecule has 0 spiro atoms. The fourth-order valence-corrected chi connectivity index (χ4v) is 2.40. The van der Waals surface area contributed by atoms with Crippen LogP contribution in [-0.2, 0) is 4.79 Å².